The largest absolute Gasteiger partial charge is 0.611 e. The van der Waals surface area contributed by atoms with Crippen LogP contribution in [0.2, 0.25) is 0 Å². The first-order chi connectivity index (χ1) is 5.84. The maximum atomic E-state index is 11.5. The Balaban J connectivity index is 2.48. The van der Waals surface area contributed by atoms with Crippen molar-refractivity contribution in [1.82, 2.24) is 0 Å². The van der Waals surface area contributed by atoms with Crippen molar-refractivity contribution in [2.45, 2.75) is 11.3 Å². The lowest BCUT2D eigenvalue weighted by molar-refractivity contribution is 0.594. The first kappa shape index (κ1) is 9.90. The summed E-state index contributed by atoms with van der Waals surface area (Å²) >= 11 is 4.63. The van der Waals surface area contributed by atoms with E-state index < -0.39 is 11.2 Å². The molecule has 0 fully saturated rings. The number of benzene rings is 1. The van der Waals surface area contributed by atoms with Crippen LogP contribution >= 0.6 is 11.6 Å². The van der Waals surface area contributed by atoms with Crippen molar-refractivity contribution in [3.8, 4) is 0 Å². The molecule has 1 aromatic carbocycles. The average molecular weight is 203 g/mol. The van der Waals surface area contributed by atoms with Crippen molar-refractivity contribution in [2.24, 2.45) is 0 Å². The summed E-state index contributed by atoms with van der Waals surface area (Å²) in [7, 11) is 0. The van der Waals surface area contributed by atoms with E-state index in [0.29, 0.717) is 11.6 Å². The lowest BCUT2D eigenvalue weighted by Crippen LogP contribution is -2.06. The van der Waals surface area contributed by atoms with Crippen molar-refractivity contribution < 1.29 is 4.55 Å². The van der Waals surface area contributed by atoms with Gasteiger partial charge in [-0.05, 0) is 23.3 Å². The summed E-state index contributed by atoms with van der Waals surface area (Å²) in [5, 5.41) is 0. The Kier molecular flexibility index (Phi) is 4.51. The molecule has 0 bridgehead atoms. The maximum Gasteiger partial charge on any atom is 0.152 e. The molecule has 12 heavy (non-hydrogen) atoms. The van der Waals surface area contributed by atoms with Gasteiger partial charge in [0.2, 0.25) is 0 Å². The number of halogens is 1. The molecule has 0 aliphatic heterocycles. The molecule has 1 nitrogen and oxygen atoms in total. The van der Waals surface area contributed by atoms with E-state index in [1.807, 2.05) is 30.3 Å². The van der Waals surface area contributed by atoms with Gasteiger partial charge in [0.1, 0.15) is 5.75 Å². The summed E-state index contributed by atoms with van der Waals surface area (Å²) in [6.07, 6.45) is 0.809. The molecule has 0 heterocycles. The summed E-state index contributed by atoms with van der Waals surface area (Å²) in [5.41, 5.74) is 0. The predicted molar refractivity (Wildman–Crippen MR) is 53.1 cm³/mol. The molecule has 0 aliphatic rings. The van der Waals surface area contributed by atoms with Crippen molar-refractivity contribution in [3.05, 3.63) is 30.3 Å². The van der Waals surface area contributed by atoms with Crippen molar-refractivity contribution in [3.63, 3.8) is 0 Å². The van der Waals surface area contributed by atoms with E-state index in [2.05, 4.69) is 0 Å². The van der Waals surface area contributed by atoms with Gasteiger partial charge in [0.25, 0.3) is 0 Å². The quantitative estimate of drug-likeness (QED) is 0.543. The molecular weight excluding hydrogens is 192 g/mol. The van der Waals surface area contributed by atoms with E-state index in [4.69, 9.17) is 11.6 Å². The molecule has 0 amide bonds. The fourth-order valence-electron chi connectivity index (χ4n) is 0.876. The van der Waals surface area contributed by atoms with Crippen LogP contribution in [-0.2, 0) is 11.2 Å². The number of rotatable bonds is 4. The van der Waals surface area contributed by atoms with E-state index in [0.717, 1.165) is 11.3 Å². The minimum Gasteiger partial charge on any atom is -0.611 e. The van der Waals surface area contributed by atoms with Gasteiger partial charge in [-0.1, -0.05) is 18.2 Å². The molecule has 0 saturated carbocycles. The molecule has 0 aliphatic carbocycles. The molecule has 0 spiro atoms. The third-order valence-electron chi connectivity index (χ3n) is 1.47. The van der Waals surface area contributed by atoms with Crippen LogP contribution in [0.5, 0.6) is 0 Å². The monoisotopic (exact) mass is 202 g/mol. The first-order valence-electron chi connectivity index (χ1n) is 3.84. The van der Waals surface area contributed by atoms with Crippen LogP contribution in [0.15, 0.2) is 35.2 Å². The van der Waals surface area contributed by atoms with E-state index in [9.17, 15) is 4.55 Å². The van der Waals surface area contributed by atoms with Crippen molar-refractivity contribution >= 4 is 22.8 Å². The molecule has 0 saturated heterocycles. The van der Waals surface area contributed by atoms with Gasteiger partial charge in [-0.25, -0.2) is 0 Å². The Hall–Kier alpha value is -0.180. The highest BCUT2D eigenvalue weighted by Crippen LogP contribution is 2.10. The summed E-state index contributed by atoms with van der Waals surface area (Å²) in [6.45, 7) is 0. The topological polar surface area (TPSA) is 23.1 Å². The second-order valence-corrected chi connectivity index (χ2v) is 4.35. The molecule has 0 aromatic heterocycles. The van der Waals surface area contributed by atoms with Crippen LogP contribution in [0.25, 0.3) is 0 Å². The zero-order valence-corrected chi connectivity index (χ0v) is 8.27. The second kappa shape index (κ2) is 5.46. The highest BCUT2D eigenvalue weighted by atomic mass is 35.5. The van der Waals surface area contributed by atoms with Crippen LogP contribution in [0.3, 0.4) is 0 Å². The molecule has 1 rings (SSSR count). The van der Waals surface area contributed by atoms with Gasteiger partial charge in [-0.2, -0.15) is 0 Å². The van der Waals surface area contributed by atoms with Gasteiger partial charge in [-0.15, -0.1) is 11.6 Å². The van der Waals surface area contributed by atoms with E-state index >= 15 is 0 Å². The highest BCUT2D eigenvalue weighted by molar-refractivity contribution is 7.91. The van der Waals surface area contributed by atoms with Gasteiger partial charge in [0, 0.05) is 12.3 Å². The standard InChI is InChI=1S/C9H11ClOS/c10-7-4-8-12(11)9-5-2-1-3-6-9/h1-3,5-6H,4,7-8H2. The zero-order valence-electron chi connectivity index (χ0n) is 6.70. The molecule has 3 heteroatoms. The van der Waals surface area contributed by atoms with Gasteiger partial charge >= 0.3 is 0 Å². The van der Waals surface area contributed by atoms with Gasteiger partial charge in [-0.3, -0.25) is 0 Å². The first-order valence-corrected chi connectivity index (χ1v) is 5.69. The van der Waals surface area contributed by atoms with Gasteiger partial charge in [0.05, 0.1) is 0 Å². The third-order valence-corrected chi connectivity index (χ3v) is 3.19. The Labute approximate surface area is 80.9 Å². The van der Waals surface area contributed by atoms with Gasteiger partial charge < -0.3 is 4.55 Å². The molecule has 66 valence electrons. The maximum absolute atomic E-state index is 11.5. The highest BCUT2D eigenvalue weighted by Gasteiger charge is 2.07. The average Bonchev–Trinajstić information content (AvgIpc) is 2.15. The minimum absolute atomic E-state index is 0.582. The summed E-state index contributed by atoms with van der Waals surface area (Å²) in [4.78, 5) is 0.891. The SMILES string of the molecule is [O-][S+](CCCCl)c1ccccc1. The van der Waals surface area contributed by atoms with Crippen LogP contribution in [0, 0.1) is 0 Å². The Morgan fingerprint density at radius 1 is 1.25 bits per heavy atom. The van der Waals surface area contributed by atoms with Crippen LogP contribution < -0.4 is 0 Å². The molecule has 0 radical (unpaired) electrons. The van der Waals surface area contributed by atoms with Crippen LogP contribution in [-0.4, -0.2) is 16.2 Å². The normalized spacial score (nSPS) is 12.8. The van der Waals surface area contributed by atoms with Gasteiger partial charge in [0.15, 0.2) is 4.90 Å². The smallest absolute Gasteiger partial charge is 0.152 e. The summed E-state index contributed by atoms with van der Waals surface area (Å²) in [5.74, 6) is 1.24. The van der Waals surface area contributed by atoms with E-state index in [1.165, 1.54) is 0 Å². The number of hydrogen-bond acceptors (Lipinski definition) is 1. The summed E-state index contributed by atoms with van der Waals surface area (Å²) in [6, 6.07) is 9.47. The molecule has 1 unspecified atom stereocenters. The number of alkyl halides is 1. The molecule has 1 aromatic rings. The lowest BCUT2D eigenvalue weighted by Gasteiger charge is -2.08. The van der Waals surface area contributed by atoms with Crippen LogP contribution in [0.1, 0.15) is 6.42 Å². The van der Waals surface area contributed by atoms with E-state index in [1.54, 1.807) is 0 Å². The molecule has 0 N–H and O–H groups in total. The fourth-order valence-corrected chi connectivity index (χ4v) is 2.27. The predicted octanol–water partition coefficient (Wildman–Crippen LogP) is 2.42. The molecule has 1 atom stereocenters. The van der Waals surface area contributed by atoms with E-state index in [-0.39, 0.29) is 0 Å². The Bertz CT molecular complexity index is 215. The summed E-state index contributed by atoms with van der Waals surface area (Å²) < 4.78 is 11.5. The van der Waals surface area contributed by atoms with Crippen LogP contribution in [0.4, 0.5) is 0 Å². The Morgan fingerprint density at radius 2 is 1.92 bits per heavy atom. The lowest BCUT2D eigenvalue weighted by atomic mass is 10.4. The number of hydrogen-bond donors (Lipinski definition) is 0. The third kappa shape index (κ3) is 3.05. The second-order valence-electron chi connectivity index (χ2n) is 2.41. The fraction of sp³-hybridized carbons (Fsp3) is 0.333. The molecular formula is C9H11ClOS. The van der Waals surface area contributed by atoms with Crippen molar-refractivity contribution in [1.29, 1.82) is 0 Å². The minimum atomic E-state index is -0.868. The Morgan fingerprint density at radius 3 is 2.50 bits per heavy atom. The van der Waals surface area contributed by atoms with Crippen molar-refractivity contribution in [2.75, 3.05) is 11.6 Å². The zero-order chi connectivity index (χ0) is 8.81.